The molecule has 0 aliphatic heterocycles. The fourth-order valence-corrected chi connectivity index (χ4v) is 3.14. The Morgan fingerprint density at radius 3 is 1.10 bits per heavy atom. The van der Waals surface area contributed by atoms with E-state index in [0.717, 1.165) is 36.5 Å². The third-order valence-corrected chi connectivity index (χ3v) is 4.12. The van der Waals surface area contributed by atoms with Gasteiger partial charge in [0.2, 0.25) is 0 Å². The van der Waals surface area contributed by atoms with Gasteiger partial charge < -0.3 is 15.3 Å². The van der Waals surface area contributed by atoms with Crippen LogP contribution in [0.1, 0.15) is 59.3 Å². The van der Waals surface area contributed by atoms with Crippen LogP contribution in [0.25, 0.3) is 0 Å². The van der Waals surface area contributed by atoms with E-state index in [1.165, 1.54) is 54.4 Å². The van der Waals surface area contributed by atoms with Crippen molar-refractivity contribution in [2.75, 3.05) is 21.3 Å². The summed E-state index contributed by atoms with van der Waals surface area (Å²) in [7, 11) is 2.25. The van der Waals surface area contributed by atoms with Crippen molar-refractivity contribution in [3.8, 4) is 0 Å². The number of rotatable bonds is 8. The molecule has 0 rings (SSSR count). The molecule has 0 aliphatic carbocycles. The van der Waals surface area contributed by atoms with E-state index >= 15 is 0 Å². The minimum absolute atomic E-state index is 0.750. The van der Waals surface area contributed by atoms with Crippen LogP contribution in [0.4, 0.5) is 0 Å². The maximum absolute atomic E-state index is 8.25. The van der Waals surface area contributed by atoms with Gasteiger partial charge in [-0.15, -0.1) is 0 Å². The first-order valence-electron chi connectivity index (χ1n) is 7.57. The molecule has 0 N–H and O–H groups in total. The maximum Gasteiger partial charge on any atom is -0.153 e. The minimum Gasteiger partial charge on any atom is -0.857 e. The van der Waals surface area contributed by atoms with Gasteiger partial charge in [0.15, 0.2) is 0 Å². The van der Waals surface area contributed by atoms with Crippen LogP contribution in [-0.2, 0) is 0 Å². The van der Waals surface area contributed by atoms with Crippen LogP contribution in [0.15, 0.2) is 0 Å². The van der Waals surface area contributed by atoms with Gasteiger partial charge in [-0.05, 0) is 0 Å². The predicted octanol–water partition coefficient (Wildman–Crippen LogP) is 1.43. The first-order valence-corrected chi connectivity index (χ1v) is 10.0. The van der Waals surface area contributed by atoms with E-state index < -0.39 is 0 Å². The van der Waals surface area contributed by atoms with Crippen LogP contribution in [0, 0.1) is 0 Å². The summed E-state index contributed by atoms with van der Waals surface area (Å²) >= 11 is 3.52. The second kappa shape index (κ2) is 59.8. The molecule has 0 aromatic rings. The van der Waals surface area contributed by atoms with Crippen molar-refractivity contribution >= 4 is 31.5 Å². The fourth-order valence-electron chi connectivity index (χ4n) is 1.05. The monoisotopic (exact) mass is 318 g/mol. The Labute approximate surface area is 143 Å². The zero-order chi connectivity index (χ0) is 17.1. The molecule has 0 aromatic heterocycles. The molecule has 0 aliphatic rings. The summed E-state index contributed by atoms with van der Waals surface area (Å²) in [6.45, 7) is 6.75. The summed E-state index contributed by atoms with van der Waals surface area (Å²) in [5, 5.41) is 29.1. The van der Waals surface area contributed by atoms with E-state index in [4.69, 9.17) is 15.3 Å². The summed E-state index contributed by atoms with van der Waals surface area (Å²) in [6, 6.07) is 0. The van der Waals surface area contributed by atoms with Crippen molar-refractivity contribution in [3.63, 3.8) is 0 Å². The van der Waals surface area contributed by atoms with Crippen LogP contribution < -0.4 is 15.3 Å². The Morgan fingerprint density at radius 2 is 0.950 bits per heavy atom. The van der Waals surface area contributed by atoms with Crippen LogP contribution in [-0.4, -0.2) is 52.8 Å². The summed E-state index contributed by atoms with van der Waals surface area (Å²) in [5.41, 5.74) is 0. The first kappa shape index (κ1) is 32.8. The molecular formula is C15H36Al2O3. The van der Waals surface area contributed by atoms with Gasteiger partial charge in [-0.1, -0.05) is 0 Å². The quantitative estimate of drug-likeness (QED) is 0.502. The molecule has 20 heavy (non-hydrogen) atoms. The first-order chi connectivity index (χ1) is 9.83. The van der Waals surface area contributed by atoms with Crippen LogP contribution in [0.5, 0.6) is 0 Å². The molecular weight excluding hydrogens is 282 g/mol. The van der Waals surface area contributed by atoms with E-state index in [1.54, 1.807) is 0 Å². The molecule has 0 radical (unpaired) electrons. The second-order valence-corrected chi connectivity index (χ2v) is 6.02. The van der Waals surface area contributed by atoms with Crippen molar-refractivity contribution < 1.29 is 15.3 Å². The Hall–Kier alpha value is 0.945. The third kappa shape index (κ3) is 76.2. The van der Waals surface area contributed by atoms with Crippen molar-refractivity contribution in [2.24, 2.45) is 0 Å². The molecule has 3 nitrogen and oxygen atoms in total. The summed E-state index contributed by atoms with van der Waals surface area (Å²) in [6.07, 6.45) is 8.39. The molecule has 0 unspecified atom stereocenters. The topological polar surface area (TPSA) is 69.2 Å². The summed E-state index contributed by atoms with van der Waals surface area (Å²) in [4.78, 5) is 0. The fraction of sp³-hybridized carbons (Fsp3) is 1.00. The predicted molar refractivity (Wildman–Crippen MR) is 88.4 cm³/mol. The SMILES string of the molecule is CCC[CH2][Al+2].CCC[CH2][Al+][CH2]CCC.C[O-].C[O-].C[O-]. The molecule has 0 atom stereocenters. The van der Waals surface area contributed by atoms with E-state index in [-0.39, 0.29) is 0 Å². The average Bonchev–Trinajstić information content (AvgIpc) is 2.54. The van der Waals surface area contributed by atoms with Gasteiger partial charge in [0.05, 0.1) is 0 Å². The molecule has 0 aromatic carbocycles. The van der Waals surface area contributed by atoms with Gasteiger partial charge in [-0.25, -0.2) is 0 Å². The van der Waals surface area contributed by atoms with Gasteiger partial charge in [0, 0.05) is 0 Å². The molecule has 120 valence electrons. The van der Waals surface area contributed by atoms with Gasteiger partial charge in [-0.2, -0.15) is 21.3 Å². The molecule has 0 saturated heterocycles. The molecule has 0 bridgehead atoms. The Morgan fingerprint density at radius 1 is 0.650 bits per heavy atom. The standard InChI is InChI=1S/3C4H9.3CH3O.2Al/c3*1-3-4-2;3*1-2;;/h3*1,3-4H2,2H3;3*1H3;;/q;;;3*-1;+1;+2. The maximum atomic E-state index is 8.25. The summed E-state index contributed by atoms with van der Waals surface area (Å²) < 4.78 is 0. The van der Waals surface area contributed by atoms with E-state index in [2.05, 4.69) is 37.1 Å². The van der Waals surface area contributed by atoms with Gasteiger partial charge in [0.1, 0.15) is 0 Å². The molecule has 0 fully saturated rings. The van der Waals surface area contributed by atoms with Gasteiger partial charge in [-0.3, -0.25) is 0 Å². The largest absolute Gasteiger partial charge is 0.857 e. The van der Waals surface area contributed by atoms with Crippen molar-refractivity contribution in [2.45, 2.75) is 75.1 Å². The van der Waals surface area contributed by atoms with E-state index in [1.807, 2.05) is 0 Å². The van der Waals surface area contributed by atoms with Gasteiger partial charge >= 0.3 is 107 Å². The molecule has 5 heteroatoms. The molecule has 0 spiro atoms. The van der Waals surface area contributed by atoms with E-state index in [9.17, 15) is 0 Å². The summed E-state index contributed by atoms with van der Waals surface area (Å²) in [5.74, 6) is 0. The molecule has 0 saturated carbocycles. The zero-order valence-electron chi connectivity index (χ0n) is 14.7. The number of hydrogen-bond donors (Lipinski definition) is 0. The number of hydrogen-bond acceptors (Lipinski definition) is 3. The third-order valence-electron chi connectivity index (χ3n) is 2.08. The van der Waals surface area contributed by atoms with E-state index in [0.29, 0.717) is 0 Å². The Balaban J connectivity index is -0.0000000580. The van der Waals surface area contributed by atoms with Crippen molar-refractivity contribution in [1.29, 1.82) is 0 Å². The minimum atomic E-state index is 0.750. The average molecular weight is 318 g/mol. The van der Waals surface area contributed by atoms with Crippen LogP contribution in [0.3, 0.4) is 0 Å². The Bertz CT molecular complexity index is 79.5. The number of unbranched alkanes of at least 4 members (excludes halogenated alkanes) is 3. The van der Waals surface area contributed by atoms with Crippen molar-refractivity contribution in [1.82, 2.24) is 0 Å². The van der Waals surface area contributed by atoms with Gasteiger partial charge in [0.25, 0.3) is 0 Å². The molecule has 0 heterocycles. The second-order valence-electron chi connectivity index (χ2n) is 3.72. The smallest absolute Gasteiger partial charge is 0.153 e. The molecule has 0 amide bonds. The van der Waals surface area contributed by atoms with Crippen molar-refractivity contribution in [3.05, 3.63) is 0 Å². The zero-order valence-corrected chi connectivity index (χ0v) is 17.1. The Kier molecular flexibility index (Phi) is 97.9. The van der Waals surface area contributed by atoms with Crippen LogP contribution in [0.2, 0.25) is 15.8 Å². The normalized spacial score (nSPS) is 7.15. The van der Waals surface area contributed by atoms with Crippen LogP contribution >= 0.6 is 0 Å².